The number of ether oxygens (including phenoxy) is 2. The van der Waals surface area contributed by atoms with Crippen molar-refractivity contribution < 1.29 is 24.2 Å². The van der Waals surface area contributed by atoms with Gasteiger partial charge < -0.3 is 14.6 Å². The summed E-state index contributed by atoms with van der Waals surface area (Å²) in [6.45, 7) is 1.25. The van der Waals surface area contributed by atoms with Gasteiger partial charge in [0.15, 0.2) is 0 Å². The molecule has 1 heterocycles. The van der Waals surface area contributed by atoms with Crippen LogP contribution in [0.1, 0.15) is 6.92 Å². The van der Waals surface area contributed by atoms with E-state index >= 15 is 0 Å². The number of aliphatic hydroxyl groups excluding tert-OH is 1. The summed E-state index contributed by atoms with van der Waals surface area (Å²) in [6.07, 6.45) is -0.645. The zero-order chi connectivity index (χ0) is 10.7. The van der Waals surface area contributed by atoms with Gasteiger partial charge in [-0.2, -0.15) is 0 Å². The van der Waals surface area contributed by atoms with E-state index in [9.17, 15) is 9.59 Å². The molecule has 5 nitrogen and oxygen atoms in total. The average Bonchev–Trinajstić information content (AvgIpc) is 2.10. The molecule has 0 fully saturated rings. The van der Waals surface area contributed by atoms with Crippen LogP contribution in [0.2, 0.25) is 0 Å². The summed E-state index contributed by atoms with van der Waals surface area (Å²) in [6, 6.07) is 0. The molecule has 0 aromatic carbocycles. The molecular weight excluding hydrogens is 256 g/mol. The Morgan fingerprint density at radius 1 is 1.79 bits per heavy atom. The molecule has 6 heteroatoms. The molecular formula is C8H9BrO5. The van der Waals surface area contributed by atoms with Crippen LogP contribution in [0.4, 0.5) is 0 Å². The van der Waals surface area contributed by atoms with Crippen molar-refractivity contribution in [3.8, 4) is 0 Å². The van der Waals surface area contributed by atoms with Crippen molar-refractivity contribution in [1.29, 1.82) is 0 Å². The van der Waals surface area contributed by atoms with Gasteiger partial charge in [-0.25, -0.2) is 0 Å². The molecule has 0 saturated heterocycles. The molecule has 1 N–H and O–H groups in total. The molecule has 0 bridgehead atoms. The molecule has 0 amide bonds. The van der Waals surface area contributed by atoms with E-state index in [0.29, 0.717) is 0 Å². The minimum Gasteiger partial charge on any atom is -0.463 e. The highest BCUT2D eigenvalue weighted by Crippen LogP contribution is 2.19. The number of ketones is 1. The smallest absolute Gasteiger partial charge is 0.302 e. The lowest BCUT2D eigenvalue weighted by Gasteiger charge is -2.22. The predicted octanol–water partition coefficient (Wildman–Crippen LogP) is 0.115. The Balaban J connectivity index is 2.56. The van der Waals surface area contributed by atoms with Crippen LogP contribution in [0.5, 0.6) is 0 Å². The second-order valence-corrected chi connectivity index (χ2v) is 3.56. The number of rotatable bonds is 2. The van der Waals surface area contributed by atoms with Crippen molar-refractivity contribution in [2.45, 2.75) is 19.3 Å². The predicted molar refractivity (Wildman–Crippen MR) is 49.5 cm³/mol. The lowest BCUT2D eigenvalue weighted by atomic mass is 10.2. The van der Waals surface area contributed by atoms with Gasteiger partial charge in [0.25, 0.3) is 0 Å². The molecule has 0 aliphatic carbocycles. The highest BCUT2D eigenvalue weighted by molar-refractivity contribution is 9.12. The van der Waals surface area contributed by atoms with Crippen LogP contribution in [0.3, 0.4) is 0 Å². The number of carbonyl (C=O) groups is 2. The number of aliphatic hydroxyl groups is 1. The fraction of sp³-hybridized carbons (Fsp3) is 0.500. The Kier molecular flexibility index (Phi) is 3.79. The third-order valence-corrected chi connectivity index (χ3v) is 2.20. The first-order valence-corrected chi connectivity index (χ1v) is 4.68. The van der Waals surface area contributed by atoms with Gasteiger partial charge in [0.05, 0.1) is 4.48 Å². The van der Waals surface area contributed by atoms with Gasteiger partial charge in [0, 0.05) is 6.92 Å². The quantitative estimate of drug-likeness (QED) is 0.717. The lowest BCUT2D eigenvalue weighted by Crippen LogP contribution is -2.35. The summed E-state index contributed by atoms with van der Waals surface area (Å²) in [4.78, 5) is 21.5. The van der Waals surface area contributed by atoms with Gasteiger partial charge in [-0.05, 0) is 22.0 Å². The van der Waals surface area contributed by atoms with Crippen LogP contribution < -0.4 is 0 Å². The van der Waals surface area contributed by atoms with Gasteiger partial charge in [0.1, 0.15) is 12.7 Å². The second kappa shape index (κ2) is 4.68. The third kappa shape index (κ3) is 2.90. The SMILES string of the molecule is CC(=O)OC[C@@H]1C=C(Br)C(=O)C(O)O1. The lowest BCUT2D eigenvalue weighted by molar-refractivity contribution is -0.169. The molecule has 78 valence electrons. The van der Waals surface area contributed by atoms with E-state index < -0.39 is 24.1 Å². The van der Waals surface area contributed by atoms with E-state index in [1.165, 1.54) is 13.0 Å². The van der Waals surface area contributed by atoms with E-state index in [2.05, 4.69) is 20.7 Å². The Labute approximate surface area is 88.8 Å². The minimum absolute atomic E-state index is 0.0191. The Bertz CT molecular complexity index is 285. The summed E-state index contributed by atoms with van der Waals surface area (Å²) in [5, 5.41) is 9.10. The van der Waals surface area contributed by atoms with Gasteiger partial charge in [-0.15, -0.1) is 0 Å². The van der Waals surface area contributed by atoms with Crippen molar-refractivity contribution in [3.63, 3.8) is 0 Å². The normalized spacial score (nSPS) is 27.1. The van der Waals surface area contributed by atoms with Crippen molar-refractivity contribution in [2.75, 3.05) is 6.61 Å². The van der Waals surface area contributed by atoms with Gasteiger partial charge in [0.2, 0.25) is 12.1 Å². The van der Waals surface area contributed by atoms with E-state index in [4.69, 9.17) is 9.84 Å². The van der Waals surface area contributed by atoms with Crippen LogP contribution in [0.25, 0.3) is 0 Å². The van der Waals surface area contributed by atoms with Crippen molar-refractivity contribution >= 4 is 27.7 Å². The monoisotopic (exact) mass is 264 g/mol. The second-order valence-electron chi connectivity index (χ2n) is 2.71. The third-order valence-electron chi connectivity index (χ3n) is 1.55. The first-order valence-electron chi connectivity index (χ1n) is 3.89. The maximum absolute atomic E-state index is 11.0. The number of esters is 1. The summed E-state index contributed by atoms with van der Waals surface area (Å²) in [5.41, 5.74) is 0. The maximum atomic E-state index is 11.0. The van der Waals surface area contributed by atoms with E-state index in [1.807, 2.05) is 0 Å². The van der Waals surface area contributed by atoms with Crippen LogP contribution in [-0.4, -0.2) is 35.9 Å². The number of hydrogen-bond acceptors (Lipinski definition) is 5. The van der Waals surface area contributed by atoms with Crippen LogP contribution >= 0.6 is 15.9 Å². The number of halogens is 1. The number of carbonyl (C=O) groups excluding carboxylic acids is 2. The molecule has 0 radical (unpaired) electrons. The molecule has 0 aromatic heterocycles. The largest absolute Gasteiger partial charge is 0.463 e. The Morgan fingerprint density at radius 3 is 2.93 bits per heavy atom. The van der Waals surface area contributed by atoms with Gasteiger partial charge in [-0.1, -0.05) is 0 Å². The van der Waals surface area contributed by atoms with E-state index in [0.717, 1.165) is 0 Å². The molecule has 1 aliphatic rings. The molecule has 0 saturated carbocycles. The van der Waals surface area contributed by atoms with Crippen LogP contribution in [-0.2, 0) is 19.1 Å². The summed E-state index contributed by atoms with van der Waals surface area (Å²) in [7, 11) is 0. The fourth-order valence-corrected chi connectivity index (χ4v) is 1.41. The van der Waals surface area contributed by atoms with Crippen LogP contribution in [0, 0.1) is 0 Å². The van der Waals surface area contributed by atoms with Gasteiger partial charge >= 0.3 is 5.97 Å². The standard InChI is InChI=1S/C8H9BrO5/c1-4(10)13-3-5-2-6(9)7(11)8(12)14-5/h2,5,8,12H,3H2,1H3/t5-,8?/m0/s1. The maximum Gasteiger partial charge on any atom is 0.302 e. The topological polar surface area (TPSA) is 72.8 Å². The summed E-state index contributed by atoms with van der Waals surface area (Å²) >= 11 is 2.97. The zero-order valence-corrected chi connectivity index (χ0v) is 8.98. The van der Waals surface area contributed by atoms with E-state index in [1.54, 1.807) is 0 Å². The van der Waals surface area contributed by atoms with Crippen molar-refractivity contribution in [3.05, 3.63) is 10.6 Å². The Hall–Kier alpha value is -0.720. The molecule has 0 spiro atoms. The first-order chi connectivity index (χ1) is 6.50. The number of Topliss-reactive ketones (excluding diaryl/α,β-unsaturated/α-hetero) is 1. The first kappa shape index (κ1) is 11.4. The van der Waals surface area contributed by atoms with Crippen LogP contribution in [0.15, 0.2) is 10.6 Å². The van der Waals surface area contributed by atoms with Gasteiger partial charge in [-0.3, -0.25) is 9.59 Å². The van der Waals surface area contributed by atoms with Crippen molar-refractivity contribution in [1.82, 2.24) is 0 Å². The highest BCUT2D eigenvalue weighted by atomic mass is 79.9. The highest BCUT2D eigenvalue weighted by Gasteiger charge is 2.28. The zero-order valence-electron chi connectivity index (χ0n) is 7.40. The molecule has 1 aliphatic heterocycles. The molecule has 0 aromatic rings. The van der Waals surface area contributed by atoms with E-state index in [-0.39, 0.29) is 11.1 Å². The molecule has 1 rings (SSSR count). The Morgan fingerprint density at radius 2 is 2.43 bits per heavy atom. The molecule has 1 unspecified atom stereocenters. The summed E-state index contributed by atoms with van der Waals surface area (Å²) < 4.78 is 9.73. The average molecular weight is 265 g/mol. The molecule has 2 atom stereocenters. The molecule has 14 heavy (non-hydrogen) atoms. The fourth-order valence-electron chi connectivity index (χ4n) is 0.917. The summed E-state index contributed by atoms with van der Waals surface area (Å²) in [5.74, 6) is -0.978. The minimum atomic E-state index is -1.49. The number of hydrogen-bond donors (Lipinski definition) is 1. The van der Waals surface area contributed by atoms with Crippen molar-refractivity contribution in [2.24, 2.45) is 0 Å².